The molecule has 0 saturated heterocycles. The van der Waals surface area contributed by atoms with Crippen LogP contribution in [0.4, 0.5) is 0 Å². The van der Waals surface area contributed by atoms with Gasteiger partial charge in [0.1, 0.15) is 5.60 Å². The van der Waals surface area contributed by atoms with Crippen LogP contribution in [0.15, 0.2) is 40.7 Å². The predicted molar refractivity (Wildman–Crippen MR) is 102 cm³/mol. The maximum atomic E-state index is 13.1. The van der Waals surface area contributed by atoms with Crippen molar-refractivity contribution < 1.29 is 28.5 Å². The smallest absolute Gasteiger partial charge is 0.337 e. The van der Waals surface area contributed by atoms with Gasteiger partial charge in [-0.25, -0.2) is 9.59 Å². The zero-order chi connectivity index (χ0) is 20.6. The van der Waals surface area contributed by atoms with E-state index >= 15 is 0 Å². The second kappa shape index (κ2) is 7.22. The molecule has 0 bridgehead atoms. The lowest BCUT2D eigenvalue weighted by Gasteiger charge is -2.32. The number of hydrogen-bond donors (Lipinski definition) is 1. The molecular formula is C21H25NO6. The molecule has 7 heteroatoms. The molecular weight excluding hydrogens is 362 g/mol. The van der Waals surface area contributed by atoms with Gasteiger partial charge in [-0.05, 0) is 40.7 Å². The number of dihydropyridines is 1. The molecule has 3 rings (SSSR count). The third kappa shape index (κ3) is 3.56. The SMILES string of the molecule is COC(=O)C1=C(C)NC(C)=C(C(=O)OC(C)(C)C)C1c1cccc2c1OCO2. The molecule has 1 aromatic carbocycles. The number of rotatable bonds is 3. The second-order valence-electron chi connectivity index (χ2n) is 7.71. The summed E-state index contributed by atoms with van der Waals surface area (Å²) in [6, 6.07) is 5.40. The van der Waals surface area contributed by atoms with Crippen LogP contribution < -0.4 is 14.8 Å². The molecule has 1 aromatic rings. The van der Waals surface area contributed by atoms with Crippen molar-refractivity contribution in [2.24, 2.45) is 0 Å². The van der Waals surface area contributed by atoms with E-state index in [0.29, 0.717) is 39.6 Å². The fourth-order valence-electron chi connectivity index (χ4n) is 3.47. The van der Waals surface area contributed by atoms with Crippen molar-refractivity contribution in [3.8, 4) is 11.5 Å². The molecule has 0 amide bonds. The van der Waals surface area contributed by atoms with Gasteiger partial charge in [-0.1, -0.05) is 12.1 Å². The van der Waals surface area contributed by atoms with Crippen molar-refractivity contribution in [2.45, 2.75) is 46.1 Å². The molecule has 1 N–H and O–H groups in total. The summed E-state index contributed by atoms with van der Waals surface area (Å²) < 4.78 is 21.8. The van der Waals surface area contributed by atoms with Crippen molar-refractivity contribution in [2.75, 3.05) is 13.9 Å². The molecule has 1 unspecified atom stereocenters. The third-order valence-corrected chi connectivity index (χ3v) is 4.52. The van der Waals surface area contributed by atoms with Gasteiger partial charge in [0.25, 0.3) is 0 Å². The van der Waals surface area contributed by atoms with E-state index < -0.39 is 23.5 Å². The van der Waals surface area contributed by atoms with Crippen molar-refractivity contribution in [3.63, 3.8) is 0 Å². The van der Waals surface area contributed by atoms with E-state index in [9.17, 15) is 9.59 Å². The first-order chi connectivity index (χ1) is 13.1. The second-order valence-corrected chi connectivity index (χ2v) is 7.71. The number of carbonyl (C=O) groups excluding carboxylic acids is 2. The van der Waals surface area contributed by atoms with Crippen LogP contribution in [0.2, 0.25) is 0 Å². The first-order valence-corrected chi connectivity index (χ1v) is 9.02. The highest BCUT2D eigenvalue weighted by molar-refractivity contribution is 6.00. The van der Waals surface area contributed by atoms with Gasteiger partial charge in [0.2, 0.25) is 6.79 Å². The van der Waals surface area contributed by atoms with Crippen LogP contribution in [0.3, 0.4) is 0 Å². The van der Waals surface area contributed by atoms with E-state index in [1.54, 1.807) is 46.8 Å². The van der Waals surface area contributed by atoms with Crippen LogP contribution in [0.25, 0.3) is 0 Å². The Morgan fingerprint density at radius 3 is 2.32 bits per heavy atom. The van der Waals surface area contributed by atoms with Crippen LogP contribution in [0, 0.1) is 0 Å². The highest BCUT2D eigenvalue weighted by Crippen LogP contribution is 2.47. The Bertz CT molecular complexity index is 891. The summed E-state index contributed by atoms with van der Waals surface area (Å²) in [6.07, 6.45) is 0. The predicted octanol–water partition coefficient (Wildman–Crippen LogP) is 3.16. The number of ether oxygens (including phenoxy) is 4. The molecule has 28 heavy (non-hydrogen) atoms. The molecule has 0 aromatic heterocycles. The molecule has 0 aliphatic carbocycles. The quantitative estimate of drug-likeness (QED) is 0.798. The summed E-state index contributed by atoms with van der Waals surface area (Å²) in [5.41, 5.74) is 1.85. The van der Waals surface area contributed by atoms with E-state index in [1.165, 1.54) is 7.11 Å². The standard InChI is InChI=1S/C21H25NO6/c1-11-15(19(23)25-6)17(13-8-7-9-14-18(13)27-10-26-14)16(12(2)22-11)20(24)28-21(3,4)5/h7-9,17,22H,10H2,1-6H3. The van der Waals surface area contributed by atoms with Crippen molar-refractivity contribution in [1.82, 2.24) is 5.32 Å². The van der Waals surface area contributed by atoms with Gasteiger partial charge in [0.15, 0.2) is 11.5 Å². The number of methoxy groups -OCH3 is 1. The minimum atomic E-state index is -0.708. The van der Waals surface area contributed by atoms with Crippen LogP contribution in [-0.4, -0.2) is 31.4 Å². The molecule has 150 valence electrons. The van der Waals surface area contributed by atoms with E-state index in [0.717, 1.165) is 0 Å². The fraction of sp³-hybridized carbons (Fsp3) is 0.429. The Balaban J connectivity index is 2.20. The van der Waals surface area contributed by atoms with Gasteiger partial charge in [-0.15, -0.1) is 0 Å². The van der Waals surface area contributed by atoms with Gasteiger partial charge in [0.05, 0.1) is 24.2 Å². The van der Waals surface area contributed by atoms with Gasteiger partial charge in [0, 0.05) is 17.0 Å². The summed E-state index contributed by atoms with van der Waals surface area (Å²) >= 11 is 0. The van der Waals surface area contributed by atoms with Gasteiger partial charge >= 0.3 is 11.9 Å². The first kappa shape index (κ1) is 19.8. The molecule has 7 nitrogen and oxygen atoms in total. The fourth-order valence-corrected chi connectivity index (χ4v) is 3.47. The van der Waals surface area contributed by atoms with E-state index in [-0.39, 0.29) is 6.79 Å². The lowest BCUT2D eigenvalue weighted by atomic mass is 9.80. The summed E-state index contributed by atoms with van der Waals surface area (Å²) in [5, 5.41) is 3.11. The third-order valence-electron chi connectivity index (χ3n) is 4.52. The van der Waals surface area contributed by atoms with Gasteiger partial charge in [-0.2, -0.15) is 0 Å². The number of para-hydroxylation sites is 1. The van der Waals surface area contributed by atoms with Crippen LogP contribution in [-0.2, 0) is 19.1 Å². The number of benzene rings is 1. The Hall–Kier alpha value is -2.96. The number of carbonyl (C=O) groups is 2. The molecule has 0 saturated carbocycles. The summed E-state index contributed by atoms with van der Waals surface area (Å²) in [6.45, 7) is 9.03. The first-order valence-electron chi connectivity index (χ1n) is 9.02. The zero-order valence-electron chi connectivity index (χ0n) is 17.0. The summed E-state index contributed by atoms with van der Waals surface area (Å²) in [7, 11) is 1.31. The Labute approximate surface area is 164 Å². The zero-order valence-corrected chi connectivity index (χ0v) is 17.0. The normalized spacial score (nSPS) is 18.7. The molecule has 0 spiro atoms. The Morgan fingerprint density at radius 2 is 1.71 bits per heavy atom. The van der Waals surface area contributed by atoms with Crippen molar-refractivity contribution in [1.29, 1.82) is 0 Å². The van der Waals surface area contributed by atoms with Gasteiger partial charge in [-0.3, -0.25) is 0 Å². The largest absolute Gasteiger partial charge is 0.466 e. The Kier molecular flexibility index (Phi) is 5.10. The van der Waals surface area contributed by atoms with E-state index in [1.807, 2.05) is 6.07 Å². The number of fused-ring (bicyclic) bond motifs is 1. The van der Waals surface area contributed by atoms with E-state index in [2.05, 4.69) is 5.32 Å². The highest BCUT2D eigenvalue weighted by atomic mass is 16.7. The molecule has 2 aliphatic rings. The maximum absolute atomic E-state index is 13.1. The number of nitrogens with one attached hydrogen (secondary N) is 1. The lowest BCUT2D eigenvalue weighted by Crippen LogP contribution is -2.34. The maximum Gasteiger partial charge on any atom is 0.337 e. The van der Waals surface area contributed by atoms with Gasteiger partial charge < -0.3 is 24.3 Å². The summed E-state index contributed by atoms with van der Waals surface area (Å²) in [5.74, 6) is -0.662. The van der Waals surface area contributed by atoms with E-state index in [4.69, 9.17) is 18.9 Å². The number of allylic oxidation sites excluding steroid dienone is 2. The minimum absolute atomic E-state index is 0.0814. The highest BCUT2D eigenvalue weighted by Gasteiger charge is 2.41. The average molecular weight is 387 g/mol. The van der Waals surface area contributed by atoms with Crippen LogP contribution in [0.1, 0.15) is 46.1 Å². The Morgan fingerprint density at radius 1 is 1.07 bits per heavy atom. The number of hydrogen-bond acceptors (Lipinski definition) is 7. The van der Waals surface area contributed by atoms with Crippen LogP contribution in [0.5, 0.6) is 11.5 Å². The average Bonchev–Trinajstić information content (AvgIpc) is 3.07. The van der Waals surface area contributed by atoms with Crippen LogP contribution >= 0.6 is 0 Å². The molecule has 2 heterocycles. The van der Waals surface area contributed by atoms with Crippen molar-refractivity contribution >= 4 is 11.9 Å². The lowest BCUT2D eigenvalue weighted by molar-refractivity contribution is -0.150. The molecule has 0 fully saturated rings. The molecule has 1 atom stereocenters. The molecule has 2 aliphatic heterocycles. The monoisotopic (exact) mass is 387 g/mol. The number of esters is 2. The summed E-state index contributed by atoms with van der Waals surface area (Å²) in [4.78, 5) is 25.8. The minimum Gasteiger partial charge on any atom is -0.466 e. The molecule has 0 radical (unpaired) electrons. The topological polar surface area (TPSA) is 83.1 Å². The van der Waals surface area contributed by atoms with Crippen molar-refractivity contribution in [3.05, 3.63) is 46.3 Å².